The van der Waals surface area contributed by atoms with E-state index in [-0.39, 0.29) is 0 Å². The molecule has 0 saturated carbocycles. The molecule has 0 aromatic heterocycles. The Hall–Kier alpha value is -1.22. The van der Waals surface area contributed by atoms with E-state index < -0.39 is 0 Å². The van der Waals surface area contributed by atoms with Gasteiger partial charge in [0.05, 0.1) is 6.61 Å². The third kappa shape index (κ3) is 3.89. The van der Waals surface area contributed by atoms with Crippen LogP contribution < -0.4 is 4.74 Å². The molecule has 0 bridgehead atoms. The van der Waals surface area contributed by atoms with E-state index in [1.54, 1.807) is 6.07 Å². The summed E-state index contributed by atoms with van der Waals surface area (Å²) in [6, 6.07) is 11.3. The molecule has 3 heteroatoms. The summed E-state index contributed by atoms with van der Waals surface area (Å²) in [5.74, 6) is 1.15. The zero-order valence-electron chi connectivity index (χ0n) is 11.8. The van der Waals surface area contributed by atoms with Crippen molar-refractivity contribution >= 4 is 26.7 Å². The highest BCUT2D eigenvalue weighted by Gasteiger charge is 2.06. The number of phenols is 1. The molecule has 2 rings (SSSR count). The van der Waals surface area contributed by atoms with Crippen LogP contribution in [0.4, 0.5) is 0 Å². The first-order chi connectivity index (χ1) is 9.72. The number of halogens is 1. The maximum Gasteiger partial charge on any atom is 0.127 e. The average molecular weight is 337 g/mol. The van der Waals surface area contributed by atoms with Crippen LogP contribution in [0.25, 0.3) is 10.8 Å². The summed E-state index contributed by atoms with van der Waals surface area (Å²) in [6.45, 7) is 2.91. The van der Waals surface area contributed by atoms with E-state index >= 15 is 0 Å². The molecule has 0 aliphatic heterocycles. The lowest BCUT2D eigenvalue weighted by atomic mass is 10.1. The molecular formula is C17H21BrO2. The van der Waals surface area contributed by atoms with Gasteiger partial charge in [-0.2, -0.15) is 0 Å². The summed E-state index contributed by atoms with van der Waals surface area (Å²) in [4.78, 5) is 0.622. The molecule has 1 unspecified atom stereocenters. The molecule has 0 heterocycles. The van der Waals surface area contributed by atoms with Crippen LogP contribution in [-0.4, -0.2) is 16.5 Å². The molecule has 2 aromatic carbocycles. The largest absolute Gasteiger partial charge is 0.507 e. The quantitative estimate of drug-likeness (QED) is 0.551. The monoisotopic (exact) mass is 336 g/mol. The van der Waals surface area contributed by atoms with Crippen LogP contribution in [-0.2, 0) is 0 Å². The number of ether oxygens (including phenoxy) is 1. The Morgan fingerprint density at radius 1 is 1.10 bits per heavy atom. The van der Waals surface area contributed by atoms with Crippen molar-refractivity contribution in [2.24, 2.45) is 0 Å². The van der Waals surface area contributed by atoms with Crippen LogP contribution in [0, 0.1) is 0 Å². The molecule has 2 aromatic rings. The fraction of sp³-hybridized carbons (Fsp3) is 0.412. The van der Waals surface area contributed by atoms with Gasteiger partial charge in [0.25, 0.3) is 0 Å². The Kier molecular flexibility index (Phi) is 5.72. The number of unbranched alkanes of at least 4 members (excludes halogenated alkanes) is 1. The molecule has 0 aliphatic rings. The first kappa shape index (κ1) is 15.2. The second-order valence-corrected chi connectivity index (χ2v) is 6.27. The molecule has 0 radical (unpaired) electrons. The SMILES string of the molecule is CCC(Br)CCCCOc1ccc(O)c2ccccc12. The molecule has 0 saturated heterocycles. The maximum absolute atomic E-state index is 9.83. The van der Waals surface area contributed by atoms with Crippen LogP contribution >= 0.6 is 15.9 Å². The van der Waals surface area contributed by atoms with Crippen molar-refractivity contribution in [1.82, 2.24) is 0 Å². The number of benzene rings is 2. The lowest BCUT2D eigenvalue weighted by Gasteiger charge is -2.11. The van der Waals surface area contributed by atoms with Crippen LogP contribution in [0.5, 0.6) is 11.5 Å². The Balaban J connectivity index is 1.92. The average Bonchev–Trinajstić information content (AvgIpc) is 2.49. The van der Waals surface area contributed by atoms with Crippen LogP contribution in [0.3, 0.4) is 0 Å². The van der Waals surface area contributed by atoms with Crippen LogP contribution in [0.2, 0.25) is 0 Å². The van der Waals surface area contributed by atoms with Gasteiger partial charge in [-0.3, -0.25) is 0 Å². The maximum atomic E-state index is 9.83. The number of phenolic OH excluding ortho intramolecular Hbond substituents is 1. The van der Waals surface area contributed by atoms with Crippen molar-refractivity contribution in [2.75, 3.05) is 6.61 Å². The summed E-state index contributed by atoms with van der Waals surface area (Å²) < 4.78 is 5.86. The van der Waals surface area contributed by atoms with E-state index in [9.17, 15) is 5.11 Å². The highest BCUT2D eigenvalue weighted by molar-refractivity contribution is 9.09. The highest BCUT2D eigenvalue weighted by atomic mass is 79.9. The number of rotatable bonds is 7. The van der Waals surface area contributed by atoms with Crippen molar-refractivity contribution in [1.29, 1.82) is 0 Å². The van der Waals surface area contributed by atoms with Crippen LogP contribution in [0.1, 0.15) is 32.6 Å². The highest BCUT2D eigenvalue weighted by Crippen LogP contribution is 2.32. The normalized spacial score (nSPS) is 12.5. The molecule has 0 fully saturated rings. The minimum atomic E-state index is 0.304. The fourth-order valence-corrected chi connectivity index (χ4v) is 2.56. The topological polar surface area (TPSA) is 29.5 Å². The minimum absolute atomic E-state index is 0.304. The van der Waals surface area contributed by atoms with Crippen molar-refractivity contribution in [2.45, 2.75) is 37.4 Å². The number of fused-ring (bicyclic) bond motifs is 1. The lowest BCUT2D eigenvalue weighted by molar-refractivity contribution is 0.308. The van der Waals surface area contributed by atoms with E-state index in [1.807, 2.05) is 30.3 Å². The van der Waals surface area contributed by atoms with E-state index in [2.05, 4.69) is 22.9 Å². The zero-order valence-corrected chi connectivity index (χ0v) is 13.4. The fourth-order valence-electron chi connectivity index (χ4n) is 2.24. The molecule has 1 atom stereocenters. The Morgan fingerprint density at radius 3 is 2.60 bits per heavy atom. The van der Waals surface area contributed by atoms with Gasteiger partial charge >= 0.3 is 0 Å². The van der Waals surface area contributed by atoms with Gasteiger partial charge in [0, 0.05) is 15.6 Å². The minimum Gasteiger partial charge on any atom is -0.507 e. The summed E-state index contributed by atoms with van der Waals surface area (Å²) in [5.41, 5.74) is 0. The lowest BCUT2D eigenvalue weighted by Crippen LogP contribution is -2.00. The van der Waals surface area contributed by atoms with Gasteiger partial charge in [-0.1, -0.05) is 47.1 Å². The molecule has 0 spiro atoms. The van der Waals surface area contributed by atoms with Gasteiger partial charge in [0.2, 0.25) is 0 Å². The van der Waals surface area contributed by atoms with Gasteiger partial charge < -0.3 is 9.84 Å². The third-order valence-electron chi connectivity index (χ3n) is 3.47. The molecule has 1 N–H and O–H groups in total. The smallest absolute Gasteiger partial charge is 0.127 e. The van der Waals surface area contributed by atoms with Gasteiger partial charge in [-0.15, -0.1) is 0 Å². The molecule has 2 nitrogen and oxygen atoms in total. The molecule has 108 valence electrons. The predicted octanol–water partition coefficient (Wildman–Crippen LogP) is 5.27. The van der Waals surface area contributed by atoms with Crippen molar-refractivity contribution in [3.63, 3.8) is 0 Å². The predicted molar refractivity (Wildman–Crippen MR) is 88.0 cm³/mol. The third-order valence-corrected chi connectivity index (χ3v) is 4.58. The standard InChI is InChI=1S/C17H21BrO2/c1-2-13(18)7-5-6-12-20-17-11-10-16(19)14-8-3-4-9-15(14)17/h3-4,8-11,13,19H,2,5-7,12H2,1H3. The Morgan fingerprint density at radius 2 is 1.85 bits per heavy atom. The van der Waals surface area contributed by atoms with E-state index in [0.29, 0.717) is 10.6 Å². The summed E-state index contributed by atoms with van der Waals surface area (Å²) in [5, 5.41) is 11.6. The number of hydrogen-bond donors (Lipinski definition) is 1. The number of alkyl halides is 1. The van der Waals surface area contributed by atoms with Gasteiger partial charge in [-0.25, -0.2) is 0 Å². The van der Waals surface area contributed by atoms with Crippen molar-refractivity contribution < 1.29 is 9.84 Å². The van der Waals surface area contributed by atoms with Gasteiger partial charge in [-0.05, 0) is 37.8 Å². The van der Waals surface area contributed by atoms with E-state index in [0.717, 1.165) is 29.5 Å². The van der Waals surface area contributed by atoms with Crippen molar-refractivity contribution in [3.05, 3.63) is 36.4 Å². The zero-order chi connectivity index (χ0) is 14.4. The number of aromatic hydroxyl groups is 1. The first-order valence-electron chi connectivity index (χ1n) is 7.20. The van der Waals surface area contributed by atoms with Crippen LogP contribution in [0.15, 0.2) is 36.4 Å². The molecule has 0 aliphatic carbocycles. The first-order valence-corrected chi connectivity index (χ1v) is 8.11. The summed E-state index contributed by atoms with van der Waals surface area (Å²) in [7, 11) is 0. The molecular weight excluding hydrogens is 316 g/mol. The van der Waals surface area contributed by atoms with Gasteiger partial charge in [0.15, 0.2) is 0 Å². The second kappa shape index (κ2) is 7.53. The van der Waals surface area contributed by atoms with E-state index in [4.69, 9.17) is 4.74 Å². The van der Waals surface area contributed by atoms with Crippen molar-refractivity contribution in [3.8, 4) is 11.5 Å². The van der Waals surface area contributed by atoms with E-state index in [1.165, 1.54) is 19.3 Å². The number of hydrogen-bond acceptors (Lipinski definition) is 2. The molecule has 0 amide bonds. The van der Waals surface area contributed by atoms with Gasteiger partial charge in [0.1, 0.15) is 11.5 Å². The Bertz CT molecular complexity index is 554. The summed E-state index contributed by atoms with van der Waals surface area (Å²) in [6.07, 6.45) is 4.58. The Labute approximate surface area is 128 Å². The summed E-state index contributed by atoms with van der Waals surface area (Å²) >= 11 is 3.65. The molecule has 20 heavy (non-hydrogen) atoms. The second-order valence-electron chi connectivity index (χ2n) is 4.98.